The molecule has 4 saturated carbocycles. The van der Waals surface area contributed by atoms with E-state index in [2.05, 4.69) is 24.5 Å². The van der Waals surface area contributed by atoms with E-state index in [1.807, 2.05) is 0 Å². The molecule has 4 bridgehead atoms. The molecule has 0 aromatic carbocycles. The third kappa shape index (κ3) is 3.15. The molecule has 0 atom stereocenters. The Morgan fingerprint density at radius 2 is 1.81 bits per heavy atom. The predicted octanol–water partition coefficient (Wildman–Crippen LogP) is 4.52. The number of carbonyl (C=O) groups excluding carboxylic acids is 1. The summed E-state index contributed by atoms with van der Waals surface area (Å²) in [5, 5.41) is 8.40. The maximum atomic E-state index is 12.3. The summed E-state index contributed by atoms with van der Waals surface area (Å²) >= 11 is 7.23. The van der Waals surface area contributed by atoms with E-state index in [1.54, 1.807) is 11.3 Å². The molecule has 1 heterocycles. The number of rotatable bonds is 4. The first kappa shape index (κ1) is 18.2. The summed E-state index contributed by atoms with van der Waals surface area (Å²) in [5.74, 6) is 3.15. The zero-order valence-corrected chi connectivity index (χ0v) is 17.4. The van der Waals surface area contributed by atoms with Gasteiger partial charge in [0.25, 0.3) is 0 Å². The number of hydrogen-bond donors (Lipinski definition) is 2. The highest BCUT2D eigenvalue weighted by molar-refractivity contribution is 7.80. The molecule has 0 unspecified atom stereocenters. The van der Waals surface area contributed by atoms with Gasteiger partial charge in [-0.1, -0.05) is 6.92 Å². The van der Waals surface area contributed by atoms with Crippen LogP contribution < -0.4 is 10.6 Å². The number of aryl methyl sites for hydroxylation is 1. The lowest BCUT2D eigenvalue weighted by atomic mass is 9.54. The van der Waals surface area contributed by atoms with Gasteiger partial charge in [0.1, 0.15) is 5.00 Å². The molecule has 0 radical (unpaired) electrons. The van der Waals surface area contributed by atoms with Crippen molar-refractivity contribution in [2.45, 2.75) is 58.4 Å². The van der Waals surface area contributed by atoms with E-state index in [9.17, 15) is 4.79 Å². The molecule has 5 rings (SSSR count). The lowest BCUT2D eigenvalue weighted by Gasteiger charge is -2.54. The van der Waals surface area contributed by atoms with Crippen LogP contribution in [0.25, 0.3) is 0 Å². The molecular weight excluding hydrogens is 364 g/mol. The second kappa shape index (κ2) is 7.12. The van der Waals surface area contributed by atoms with Crippen LogP contribution in [0.1, 0.15) is 59.8 Å². The van der Waals surface area contributed by atoms with Crippen molar-refractivity contribution >= 4 is 39.6 Å². The maximum Gasteiger partial charge on any atom is 0.341 e. The van der Waals surface area contributed by atoms with Gasteiger partial charge in [-0.15, -0.1) is 11.3 Å². The smallest absolute Gasteiger partial charge is 0.341 e. The Labute approximate surface area is 165 Å². The molecule has 1 aromatic heterocycles. The van der Waals surface area contributed by atoms with Crippen molar-refractivity contribution in [2.75, 3.05) is 12.4 Å². The van der Waals surface area contributed by atoms with Gasteiger partial charge in [0.05, 0.1) is 12.7 Å². The van der Waals surface area contributed by atoms with E-state index in [0.717, 1.165) is 45.5 Å². The zero-order chi connectivity index (χ0) is 18.4. The van der Waals surface area contributed by atoms with E-state index >= 15 is 0 Å². The zero-order valence-electron chi connectivity index (χ0n) is 15.8. The van der Waals surface area contributed by atoms with E-state index in [-0.39, 0.29) is 5.97 Å². The molecule has 4 aliphatic rings. The summed E-state index contributed by atoms with van der Waals surface area (Å²) in [7, 11) is 1.43. The van der Waals surface area contributed by atoms with Crippen molar-refractivity contribution < 1.29 is 9.53 Å². The van der Waals surface area contributed by atoms with Crippen LogP contribution in [0.5, 0.6) is 0 Å². The summed E-state index contributed by atoms with van der Waals surface area (Å²) in [5.41, 5.74) is 1.70. The first-order valence-corrected chi connectivity index (χ1v) is 11.0. The summed E-state index contributed by atoms with van der Waals surface area (Å²) < 4.78 is 5.01. The fourth-order valence-corrected chi connectivity index (χ4v) is 7.30. The number of thiocarbonyl (C=S) groups is 1. The fourth-order valence-electron chi connectivity index (χ4n) is 5.86. The molecule has 0 saturated heterocycles. The van der Waals surface area contributed by atoms with Crippen molar-refractivity contribution in [3.05, 3.63) is 16.0 Å². The van der Waals surface area contributed by atoms with Gasteiger partial charge in [-0.3, -0.25) is 0 Å². The van der Waals surface area contributed by atoms with Gasteiger partial charge in [-0.25, -0.2) is 4.79 Å². The Hall–Kier alpha value is -1.14. The number of ether oxygens (including phenoxy) is 1. The normalized spacial score (nSPS) is 31.7. The maximum absolute atomic E-state index is 12.3. The minimum Gasteiger partial charge on any atom is -0.465 e. The van der Waals surface area contributed by atoms with Crippen LogP contribution in [0.15, 0.2) is 0 Å². The van der Waals surface area contributed by atoms with E-state index in [0.29, 0.717) is 16.7 Å². The highest BCUT2D eigenvalue weighted by Crippen LogP contribution is 2.53. The van der Waals surface area contributed by atoms with Gasteiger partial charge in [0.2, 0.25) is 0 Å². The Morgan fingerprint density at radius 1 is 1.19 bits per heavy atom. The number of anilines is 1. The van der Waals surface area contributed by atoms with Crippen LogP contribution in [0, 0.1) is 30.6 Å². The molecule has 4 aliphatic carbocycles. The number of carbonyl (C=O) groups is 1. The predicted molar refractivity (Wildman–Crippen MR) is 110 cm³/mol. The molecule has 1 aromatic rings. The van der Waals surface area contributed by atoms with Crippen molar-refractivity contribution in [1.82, 2.24) is 5.32 Å². The summed E-state index contributed by atoms with van der Waals surface area (Å²) in [6.45, 7) is 4.12. The van der Waals surface area contributed by atoms with Crippen molar-refractivity contribution in [1.29, 1.82) is 0 Å². The van der Waals surface area contributed by atoms with Crippen LogP contribution in [-0.2, 0) is 11.2 Å². The summed E-state index contributed by atoms with van der Waals surface area (Å²) in [6, 6.07) is 0.496. The molecule has 0 amide bonds. The molecule has 4 nitrogen and oxygen atoms in total. The number of methoxy groups -OCH3 is 1. The molecule has 6 heteroatoms. The lowest BCUT2D eigenvalue weighted by Crippen LogP contribution is -2.56. The molecule has 142 valence electrons. The molecule has 4 fully saturated rings. The monoisotopic (exact) mass is 392 g/mol. The molecule has 2 N–H and O–H groups in total. The minimum atomic E-state index is -0.286. The van der Waals surface area contributed by atoms with Crippen LogP contribution >= 0.6 is 23.6 Å². The Morgan fingerprint density at radius 3 is 2.35 bits per heavy atom. The summed E-state index contributed by atoms with van der Waals surface area (Å²) in [4.78, 5) is 13.4. The van der Waals surface area contributed by atoms with Gasteiger partial charge in [0.15, 0.2) is 5.11 Å². The molecule has 0 spiro atoms. The first-order chi connectivity index (χ1) is 12.5. The first-order valence-electron chi connectivity index (χ1n) is 9.78. The quantitative estimate of drug-likeness (QED) is 0.583. The van der Waals surface area contributed by atoms with Gasteiger partial charge < -0.3 is 15.4 Å². The van der Waals surface area contributed by atoms with E-state index in [4.69, 9.17) is 17.0 Å². The third-order valence-corrected chi connectivity index (χ3v) is 7.99. The topological polar surface area (TPSA) is 50.4 Å². The molecule has 26 heavy (non-hydrogen) atoms. The minimum absolute atomic E-state index is 0.286. The molecule has 0 aliphatic heterocycles. The number of hydrogen-bond acceptors (Lipinski definition) is 4. The number of thiophene rings is 1. The van der Waals surface area contributed by atoms with Crippen molar-refractivity contribution in [2.24, 2.45) is 23.7 Å². The van der Waals surface area contributed by atoms with Gasteiger partial charge in [0, 0.05) is 10.9 Å². The number of esters is 1. The Bertz CT molecular complexity index is 700. The second-order valence-electron chi connectivity index (χ2n) is 8.24. The largest absolute Gasteiger partial charge is 0.465 e. The van der Waals surface area contributed by atoms with Gasteiger partial charge >= 0.3 is 5.97 Å². The standard InChI is InChI=1S/C20H28N2O2S2/c1-4-15-10(2)26-18(16(15)19(23)24-3)22-20(25)21-17-13-6-11-5-12(8-13)9-14(17)7-11/h11-14,17H,4-9H2,1-3H3,(H2,21,22,25). The SMILES string of the molecule is CCc1c(C)sc(NC(=S)NC2C3CC4CC(C3)CC2C4)c1C(=O)OC. The highest BCUT2D eigenvalue weighted by Gasteiger charge is 2.48. The van der Waals surface area contributed by atoms with Crippen LogP contribution in [0.3, 0.4) is 0 Å². The average Bonchev–Trinajstić information content (AvgIpc) is 2.91. The van der Waals surface area contributed by atoms with E-state index in [1.165, 1.54) is 39.2 Å². The Kier molecular flexibility index (Phi) is 4.99. The Balaban J connectivity index is 1.48. The molecular formula is C20H28N2O2S2. The highest BCUT2D eigenvalue weighted by atomic mass is 32.1. The van der Waals surface area contributed by atoms with Crippen LogP contribution in [-0.4, -0.2) is 24.2 Å². The van der Waals surface area contributed by atoms with Crippen molar-refractivity contribution in [3.63, 3.8) is 0 Å². The lowest BCUT2D eigenvalue weighted by molar-refractivity contribution is -0.00665. The number of nitrogens with one attached hydrogen (secondary N) is 2. The van der Waals surface area contributed by atoms with Crippen LogP contribution in [0.2, 0.25) is 0 Å². The van der Waals surface area contributed by atoms with Crippen molar-refractivity contribution in [3.8, 4) is 0 Å². The van der Waals surface area contributed by atoms with Gasteiger partial charge in [-0.05, 0) is 86.9 Å². The van der Waals surface area contributed by atoms with Crippen LogP contribution in [0.4, 0.5) is 5.00 Å². The summed E-state index contributed by atoms with van der Waals surface area (Å²) in [6.07, 6.45) is 7.71. The fraction of sp³-hybridized carbons (Fsp3) is 0.700. The van der Waals surface area contributed by atoms with Gasteiger partial charge in [-0.2, -0.15) is 0 Å². The second-order valence-corrected chi connectivity index (χ2v) is 9.87. The van der Waals surface area contributed by atoms with E-state index < -0.39 is 0 Å². The third-order valence-electron chi connectivity index (χ3n) is 6.70. The average molecular weight is 393 g/mol.